The average Bonchev–Trinajstić information content (AvgIpc) is 2.95. The molecule has 7 heteroatoms. The second-order valence-electron chi connectivity index (χ2n) is 5.14. The molecule has 0 bridgehead atoms. The molecule has 0 radical (unpaired) electrons. The second-order valence-corrected chi connectivity index (χ2v) is 5.93. The quantitative estimate of drug-likeness (QED) is 0.804. The van der Waals surface area contributed by atoms with Gasteiger partial charge in [0.2, 0.25) is 0 Å². The summed E-state index contributed by atoms with van der Waals surface area (Å²) < 4.78 is 12.5. The van der Waals surface area contributed by atoms with Crippen LogP contribution in [0.5, 0.6) is 0 Å². The van der Waals surface area contributed by atoms with Crippen LogP contribution >= 0.6 is 15.9 Å². The van der Waals surface area contributed by atoms with Gasteiger partial charge in [-0.25, -0.2) is 4.68 Å². The lowest BCUT2D eigenvalue weighted by molar-refractivity contribution is 0.0900. The van der Waals surface area contributed by atoms with Crippen LogP contribution in [0.1, 0.15) is 19.8 Å². The van der Waals surface area contributed by atoms with Crippen molar-refractivity contribution >= 4 is 21.6 Å². The minimum absolute atomic E-state index is 0.147. The maximum Gasteiger partial charge on any atom is 0.283 e. The van der Waals surface area contributed by atoms with Gasteiger partial charge >= 0.3 is 0 Å². The van der Waals surface area contributed by atoms with Gasteiger partial charge in [0.25, 0.3) is 5.56 Å². The maximum atomic E-state index is 12.1. The zero-order chi connectivity index (χ0) is 15.2. The SMILES string of the molecule is CCC1OCCC1CNc1cnn(CCOC)c(=O)c1Br. The normalized spacial score (nSPS) is 21.7. The molecule has 1 aromatic heterocycles. The van der Waals surface area contributed by atoms with Crippen LogP contribution in [0, 0.1) is 5.92 Å². The molecule has 0 amide bonds. The summed E-state index contributed by atoms with van der Waals surface area (Å²) in [6, 6.07) is 0. The Kier molecular flexibility index (Phi) is 6.20. The summed E-state index contributed by atoms with van der Waals surface area (Å²) in [5.41, 5.74) is 0.585. The Balaban J connectivity index is 2.00. The van der Waals surface area contributed by atoms with Crippen molar-refractivity contribution < 1.29 is 9.47 Å². The van der Waals surface area contributed by atoms with E-state index in [1.807, 2.05) is 0 Å². The number of nitrogens with one attached hydrogen (secondary N) is 1. The number of ether oxygens (including phenoxy) is 2. The van der Waals surface area contributed by atoms with Crippen molar-refractivity contribution in [3.05, 3.63) is 21.0 Å². The summed E-state index contributed by atoms with van der Waals surface area (Å²) in [7, 11) is 1.60. The van der Waals surface area contributed by atoms with Gasteiger partial charge < -0.3 is 14.8 Å². The van der Waals surface area contributed by atoms with Gasteiger partial charge in [0, 0.05) is 26.2 Å². The van der Waals surface area contributed by atoms with Gasteiger partial charge in [0.15, 0.2) is 0 Å². The van der Waals surface area contributed by atoms with Gasteiger partial charge in [-0.3, -0.25) is 4.79 Å². The molecule has 1 fully saturated rings. The Morgan fingerprint density at radius 1 is 1.62 bits per heavy atom. The van der Waals surface area contributed by atoms with Crippen LogP contribution in [0.4, 0.5) is 5.69 Å². The highest BCUT2D eigenvalue weighted by Gasteiger charge is 2.26. The summed E-state index contributed by atoms with van der Waals surface area (Å²) in [6.07, 6.45) is 4.07. The largest absolute Gasteiger partial charge is 0.383 e. The van der Waals surface area contributed by atoms with Crippen LogP contribution in [0.15, 0.2) is 15.5 Å². The van der Waals surface area contributed by atoms with Gasteiger partial charge in [0.1, 0.15) is 4.47 Å². The van der Waals surface area contributed by atoms with Crippen molar-refractivity contribution in [3.8, 4) is 0 Å². The first kappa shape index (κ1) is 16.5. The fourth-order valence-corrected chi connectivity index (χ4v) is 2.99. The summed E-state index contributed by atoms with van der Waals surface area (Å²) in [4.78, 5) is 12.1. The van der Waals surface area contributed by atoms with E-state index in [1.54, 1.807) is 13.3 Å². The second kappa shape index (κ2) is 7.91. The van der Waals surface area contributed by atoms with Crippen molar-refractivity contribution in [1.82, 2.24) is 9.78 Å². The average molecular weight is 360 g/mol. The molecule has 1 aromatic rings. The molecule has 2 atom stereocenters. The Hall–Kier alpha value is -0.920. The van der Waals surface area contributed by atoms with Gasteiger partial charge in [-0.05, 0) is 28.8 Å². The van der Waals surface area contributed by atoms with Gasteiger partial charge in [-0.2, -0.15) is 5.10 Å². The predicted octanol–water partition coefficient (Wildman–Crippen LogP) is 1.88. The summed E-state index contributed by atoms with van der Waals surface area (Å²) in [5, 5.41) is 7.47. The van der Waals surface area contributed by atoms with E-state index in [1.165, 1.54) is 4.68 Å². The van der Waals surface area contributed by atoms with Crippen LogP contribution in [0.2, 0.25) is 0 Å². The first-order valence-corrected chi connectivity index (χ1v) is 8.06. The van der Waals surface area contributed by atoms with Gasteiger partial charge in [-0.15, -0.1) is 0 Å². The molecule has 2 rings (SSSR count). The number of nitrogens with zero attached hydrogens (tertiary/aromatic N) is 2. The van der Waals surface area contributed by atoms with E-state index in [0.29, 0.717) is 29.6 Å². The zero-order valence-electron chi connectivity index (χ0n) is 12.5. The van der Waals surface area contributed by atoms with Crippen molar-refractivity contribution in [2.45, 2.75) is 32.4 Å². The molecule has 1 aliphatic heterocycles. The minimum Gasteiger partial charge on any atom is -0.383 e. The smallest absolute Gasteiger partial charge is 0.283 e. The van der Waals surface area contributed by atoms with Crippen LogP contribution in [-0.2, 0) is 16.0 Å². The minimum atomic E-state index is -0.147. The molecule has 6 nitrogen and oxygen atoms in total. The highest BCUT2D eigenvalue weighted by atomic mass is 79.9. The summed E-state index contributed by atoms with van der Waals surface area (Å²) in [5.74, 6) is 0.484. The molecule has 1 aliphatic rings. The van der Waals surface area contributed by atoms with Crippen molar-refractivity contribution in [2.24, 2.45) is 5.92 Å². The van der Waals surface area contributed by atoms with Crippen molar-refractivity contribution in [2.75, 3.05) is 32.2 Å². The fourth-order valence-electron chi connectivity index (χ4n) is 2.54. The molecule has 1 saturated heterocycles. The molecule has 0 aromatic carbocycles. The number of methoxy groups -OCH3 is 1. The number of anilines is 1. The van der Waals surface area contributed by atoms with Crippen LogP contribution in [0.3, 0.4) is 0 Å². The Morgan fingerprint density at radius 2 is 2.43 bits per heavy atom. The Labute approximate surface area is 132 Å². The van der Waals surface area contributed by atoms with Crippen LogP contribution in [0.25, 0.3) is 0 Å². The maximum absolute atomic E-state index is 12.1. The molecule has 0 saturated carbocycles. The van der Waals surface area contributed by atoms with Crippen molar-refractivity contribution in [1.29, 1.82) is 0 Å². The molecule has 118 valence electrons. The number of hydrogen-bond donors (Lipinski definition) is 1. The summed E-state index contributed by atoms with van der Waals surface area (Å²) >= 11 is 3.36. The predicted molar refractivity (Wildman–Crippen MR) is 84.7 cm³/mol. The summed E-state index contributed by atoms with van der Waals surface area (Å²) in [6.45, 7) is 4.66. The molecule has 2 unspecified atom stereocenters. The van der Waals surface area contributed by atoms with Gasteiger partial charge in [0.05, 0.1) is 31.1 Å². The number of halogens is 1. The molecule has 0 aliphatic carbocycles. The van der Waals surface area contributed by atoms with E-state index < -0.39 is 0 Å². The molecule has 2 heterocycles. The number of rotatable bonds is 7. The Bertz CT molecular complexity index is 521. The van der Waals surface area contributed by atoms with E-state index in [0.717, 1.165) is 31.7 Å². The highest BCUT2D eigenvalue weighted by molar-refractivity contribution is 9.10. The molecular weight excluding hydrogens is 338 g/mol. The van der Waals surface area contributed by atoms with E-state index in [9.17, 15) is 4.79 Å². The Morgan fingerprint density at radius 3 is 3.14 bits per heavy atom. The van der Waals surface area contributed by atoms with Crippen LogP contribution in [-0.4, -0.2) is 42.8 Å². The fraction of sp³-hybridized carbons (Fsp3) is 0.714. The van der Waals surface area contributed by atoms with E-state index in [4.69, 9.17) is 9.47 Å². The standard InChI is InChI=1S/C14H22BrN3O3/c1-3-12-10(4-6-21-12)8-16-11-9-17-18(5-7-20-2)14(19)13(11)15/h9-10,12,16H,3-8H2,1-2H3. The molecule has 0 spiro atoms. The molecule has 1 N–H and O–H groups in total. The van der Waals surface area contributed by atoms with Crippen LogP contribution < -0.4 is 10.9 Å². The molecular formula is C14H22BrN3O3. The molecule has 21 heavy (non-hydrogen) atoms. The van der Waals surface area contributed by atoms with E-state index in [2.05, 4.69) is 33.3 Å². The topological polar surface area (TPSA) is 65.4 Å². The lowest BCUT2D eigenvalue weighted by Gasteiger charge is -2.18. The first-order chi connectivity index (χ1) is 10.2. The zero-order valence-corrected chi connectivity index (χ0v) is 14.1. The van der Waals surface area contributed by atoms with Gasteiger partial charge in [-0.1, -0.05) is 6.92 Å². The van der Waals surface area contributed by atoms with E-state index in [-0.39, 0.29) is 5.56 Å². The number of aromatic nitrogens is 2. The van der Waals surface area contributed by atoms with Crippen molar-refractivity contribution in [3.63, 3.8) is 0 Å². The third kappa shape index (κ3) is 4.05. The lowest BCUT2D eigenvalue weighted by atomic mass is 10.00. The third-order valence-corrected chi connectivity index (χ3v) is 4.56. The number of hydrogen-bond acceptors (Lipinski definition) is 5. The first-order valence-electron chi connectivity index (χ1n) is 7.27. The third-order valence-electron chi connectivity index (χ3n) is 3.80. The van der Waals surface area contributed by atoms with E-state index >= 15 is 0 Å². The highest BCUT2D eigenvalue weighted by Crippen LogP contribution is 2.25. The monoisotopic (exact) mass is 359 g/mol. The lowest BCUT2D eigenvalue weighted by Crippen LogP contribution is -2.28.